The predicted octanol–water partition coefficient (Wildman–Crippen LogP) is 1.40. The molecule has 0 heterocycles. The monoisotopic (exact) mass is 322 g/mol. The van der Waals surface area contributed by atoms with E-state index in [1.165, 1.54) is 12.1 Å². The van der Waals surface area contributed by atoms with Gasteiger partial charge >= 0.3 is 10.2 Å². The molecule has 0 aromatic heterocycles. The second-order valence-corrected chi connectivity index (χ2v) is 5.32. The predicted molar refractivity (Wildman–Crippen MR) is 73.7 cm³/mol. The summed E-state index contributed by atoms with van der Waals surface area (Å²) in [4.78, 5) is -0.390. The molecule has 0 atom stereocenters. The number of methoxy groups -OCH3 is 1. The van der Waals surface area contributed by atoms with Crippen molar-refractivity contribution >= 4 is 10.2 Å². The van der Waals surface area contributed by atoms with Crippen LogP contribution in [0, 0.1) is 0 Å². The van der Waals surface area contributed by atoms with Gasteiger partial charge in [-0.2, -0.15) is 8.42 Å². The zero-order valence-corrected chi connectivity index (χ0v) is 12.6. The number of hydrogen-bond acceptors (Lipinski definition) is 6. The number of ether oxygens (including phenoxy) is 4. The lowest BCUT2D eigenvalue weighted by Crippen LogP contribution is -2.12. The number of rotatable bonds is 11. The van der Waals surface area contributed by atoms with Crippen molar-refractivity contribution in [3.63, 3.8) is 0 Å². The van der Waals surface area contributed by atoms with Crippen LogP contribution in [0.3, 0.4) is 0 Å². The third-order valence-corrected chi connectivity index (χ3v) is 3.24. The van der Waals surface area contributed by atoms with Crippen LogP contribution in [-0.2, 0) is 24.4 Å². The molecule has 0 fully saturated rings. The molecule has 0 aliphatic heterocycles. The van der Waals surface area contributed by atoms with Gasteiger partial charge in [0, 0.05) is 7.11 Å². The Morgan fingerprint density at radius 3 is 1.95 bits per heavy atom. The quantitative estimate of drug-likeness (QED) is 0.453. The van der Waals surface area contributed by atoms with Crippen molar-refractivity contribution in [2.45, 2.75) is 4.90 Å². The lowest BCUT2D eigenvalue weighted by molar-refractivity contribution is 0.0179. The van der Waals surface area contributed by atoms with Gasteiger partial charge in [-0.1, -0.05) is 0 Å². The molecule has 1 aromatic rings. The molecule has 0 amide bonds. The average molecular weight is 322 g/mol. The van der Waals surface area contributed by atoms with E-state index in [9.17, 15) is 12.3 Å². The standard InChI is InChI=1S/C13H19FO6S/c1-17-6-7-18-8-9-19-10-11-20-12-2-4-13(5-3-12)21(14,15)16/h2-5H,6-11H2,1H3. The summed E-state index contributed by atoms with van der Waals surface area (Å²) in [7, 11) is -3.06. The first-order chi connectivity index (χ1) is 10.0. The minimum atomic E-state index is -4.66. The normalized spacial score (nSPS) is 11.5. The minimum Gasteiger partial charge on any atom is -0.491 e. The summed E-state index contributed by atoms with van der Waals surface area (Å²) in [6, 6.07) is 5.07. The molecule has 0 aliphatic rings. The Morgan fingerprint density at radius 2 is 1.43 bits per heavy atom. The van der Waals surface area contributed by atoms with Gasteiger partial charge in [-0.15, -0.1) is 3.89 Å². The Bertz CT molecular complexity index is 488. The Morgan fingerprint density at radius 1 is 0.905 bits per heavy atom. The molecular weight excluding hydrogens is 303 g/mol. The van der Waals surface area contributed by atoms with E-state index < -0.39 is 10.2 Å². The summed E-state index contributed by atoms with van der Waals surface area (Å²) in [6.07, 6.45) is 0. The molecule has 0 aliphatic carbocycles. The van der Waals surface area contributed by atoms with E-state index in [0.717, 1.165) is 12.1 Å². The molecule has 0 radical (unpaired) electrons. The van der Waals surface area contributed by atoms with Crippen molar-refractivity contribution in [3.05, 3.63) is 24.3 Å². The summed E-state index contributed by atoms with van der Waals surface area (Å²) in [6.45, 7) is 2.68. The van der Waals surface area contributed by atoms with E-state index in [2.05, 4.69) is 0 Å². The Labute approximate surface area is 124 Å². The van der Waals surface area contributed by atoms with Gasteiger partial charge in [0.2, 0.25) is 0 Å². The molecule has 8 heteroatoms. The van der Waals surface area contributed by atoms with Crippen LogP contribution in [0.15, 0.2) is 29.2 Å². The summed E-state index contributed by atoms with van der Waals surface area (Å²) < 4.78 is 54.5. The Hall–Kier alpha value is -1.22. The molecule has 0 saturated heterocycles. The highest BCUT2D eigenvalue weighted by molar-refractivity contribution is 7.86. The van der Waals surface area contributed by atoms with Gasteiger partial charge in [0.1, 0.15) is 12.4 Å². The van der Waals surface area contributed by atoms with Crippen molar-refractivity contribution in [2.24, 2.45) is 0 Å². The highest BCUT2D eigenvalue weighted by Gasteiger charge is 2.10. The Kier molecular flexibility index (Phi) is 8.21. The largest absolute Gasteiger partial charge is 0.491 e. The van der Waals surface area contributed by atoms with E-state index in [0.29, 0.717) is 45.4 Å². The summed E-state index contributed by atoms with van der Waals surface area (Å²) in [5.41, 5.74) is 0. The van der Waals surface area contributed by atoms with Gasteiger partial charge in [-0.25, -0.2) is 0 Å². The molecule has 0 saturated carbocycles. The SMILES string of the molecule is COCCOCCOCCOc1ccc(S(=O)(=O)F)cc1. The van der Waals surface area contributed by atoms with E-state index in [1.54, 1.807) is 7.11 Å². The van der Waals surface area contributed by atoms with Crippen molar-refractivity contribution in [3.8, 4) is 5.75 Å². The van der Waals surface area contributed by atoms with Gasteiger partial charge < -0.3 is 18.9 Å². The summed E-state index contributed by atoms with van der Waals surface area (Å²) >= 11 is 0. The highest BCUT2D eigenvalue weighted by Crippen LogP contribution is 2.17. The molecule has 1 aromatic carbocycles. The zero-order valence-electron chi connectivity index (χ0n) is 11.8. The molecule has 0 bridgehead atoms. The van der Waals surface area contributed by atoms with E-state index in [-0.39, 0.29) is 4.90 Å². The van der Waals surface area contributed by atoms with Crippen molar-refractivity contribution in [1.82, 2.24) is 0 Å². The van der Waals surface area contributed by atoms with Crippen molar-refractivity contribution < 1.29 is 31.3 Å². The van der Waals surface area contributed by atoms with Crippen molar-refractivity contribution in [1.29, 1.82) is 0 Å². The zero-order chi connectivity index (χ0) is 15.6. The van der Waals surface area contributed by atoms with Crippen LogP contribution in [0.25, 0.3) is 0 Å². The Balaban J connectivity index is 2.10. The maximum absolute atomic E-state index is 12.6. The topological polar surface area (TPSA) is 71.1 Å². The van der Waals surface area contributed by atoms with Crippen LogP contribution in [0.4, 0.5) is 3.89 Å². The van der Waals surface area contributed by atoms with Crippen LogP contribution in [0.2, 0.25) is 0 Å². The number of halogens is 1. The molecule has 21 heavy (non-hydrogen) atoms. The van der Waals surface area contributed by atoms with E-state index >= 15 is 0 Å². The fourth-order valence-electron chi connectivity index (χ4n) is 1.38. The number of hydrogen-bond donors (Lipinski definition) is 0. The van der Waals surface area contributed by atoms with Gasteiger partial charge in [-0.3, -0.25) is 0 Å². The molecular formula is C13H19FO6S. The molecule has 0 N–H and O–H groups in total. The van der Waals surface area contributed by atoms with E-state index in [1.807, 2.05) is 0 Å². The molecule has 6 nitrogen and oxygen atoms in total. The maximum atomic E-state index is 12.6. The van der Waals surface area contributed by atoms with Crippen LogP contribution in [0.5, 0.6) is 5.75 Å². The van der Waals surface area contributed by atoms with Crippen LogP contribution in [-0.4, -0.2) is 55.2 Å². The lowest BCUT2D eigenvalue weighted by atomic mass is 10.3. The second-order valence-electron chi connectivity index (χ2n) is 3.98. The fraction of sp³-hybridized carbons (Fsp3) is 0.538. The van der Waals surface area contributed by atoms with Crippen LogP contribution >= 0.6 is 0 Å². The van der Waals surface area contributed by atoms with Gasteiger partial charge in [0.25, 0.3) is 0 Å². The molecule has 0 unspecified atom stereocenters. The first-order valence-corrected chi connectivity index (χ1v) is 7.74. The van der Waals surface area contributed by atoms with Crippen LogP contribution < -0.4 is 4.74 Å². The minimum absolute atomic E-state index is 0.305. The maximum Gasteiger partial charge on any atom is 0.332 e. The van der Waals surface area contributed by atoms with Crippen molar-refractivity contribution in [2.75, 3.05) is 46.8 Å². The van der Waals surface area contributed by atoms with E-state index in [4.69, 9.17) is 18.9 Å². The number of benzene rings is 1. The van der Waals surface area contributed by atoms with Crippen LogP contribution in [0.1, 0.15) is 0 Å². The first-order valence-electron chi connectivity index (χ1n) is 6.36. The molecule has 120 valence electrons. The smallest absolute Gasteiger partial charge is 0.332 e. The highest BCUT2D eigenvalue weighted by atomic mass is 32.3. The third-order valence-electron chi connectivity index (χ3n) is 2.41. The van der Waals surface area contributed by atoms with Gasteiger partial charge in [0.15, 0.2) is 0 Å². The first kappa shape index (κ1) is 17.8. The molecule has 0 spiro atoms. The summed E-state index contributed by atoms with van der Waals surface area (Å²) in [5, 5.41) is 0. The second kappa shape index (κ2) is 9.67. The third kappa shape index (κ3) is 7.96. The molecule has 1 rings (SSSR count). The fourth-order valence-corrected chi connectivity index (χ4v) is 1.84. The van der Waals surface area contributed by atoms with Gasteiger partial charge in [0.05, 0.1) is 37.9 Å². The van der Waals surface area contributed by atoms with Gasteiger partial charge in [-0.05, 0) is 24.3 Å². The lowest BCUT2D eigenvalue weighted by Gasteiger charge is -2.08. The average Bonchev–Trinajstić information content (AvgIpc) is 2.45. The summed E-state index contributed by atoms with van der Waals surface area (Å²) in [5.74, 6) is 0.447.